The monoisotopic (exact) mass is 321 g/mol. The number of nitrogens with zero attached hydrogens (tertiary/aromatic N) is 2. The lowest BCUT2D eigenvalue weighted by Crippen LogP contribution is -2.25. The molecule has 104 valence electrons. The van der Waals surface area contributed by atoms with Gasteiger partial charge in [0.25, 0.3) is 0 Å². The van der Waals surface area contributed by atoms with Crippen LogP contribution in [0.1, 0.15) is 18.6 Å². The van der Waals surface area contributed by atoms with E-state index in [2.05, 4.69) is 14.9 Å². The van der Waals surface area contributed by atoms with Crippen molar-refractivity contribution in [2.24, 2.45) is 0 Å². The number of halogens is 1. The van der Waals surface area contributed by atoms with Gasteiger partial charge in [-0.25, -0.2) is 13.1 Å². The van der Waals surface area contributed by atoms with Gasteiger partial charge in [-0.05, 0) is 12.1 Å². The van der Waals surface area contributed by atoms with Gasteiger partial charge < -0.3 is 4.52 Å². The van der Waals surface area contributed by atoms with E-state index in [1.807, 2.05) is 6.92 Å². The quantitative estimate of drug-likeness (QED) is 0.878. The first-order valence-electron chi connectivity index (χ1n) is 5.57. The zero-order valence-electron chi connectivity index (χ0n) is 10.1. The smallest absolute Gasteiger partial charge is 0.250 e. The molecule has 2 aromatic rings. The molecule has 2 aromatic heterocycles. The van der Waals surface area contributed by atoms with Gasteiger partial charge in [-0.2, -0.15) is 4.98 Å². The summed E-state index contributed by atoms with van der Waals surface area (Å²) in [6.45, 7) is 2.11. The molecule has 0 saturated heterocycles. The van der Waals surface area contributed by atoms with Crippen molar-refractivity contribution in [1.29, 1.82) is 0 Å². The van der Waals surface area contributed by atoms with Crippen LogP contribution in [0.3, 0.4) is 0 Å². The molecular formula is C10H12ClN3O3S2. The van der Waals surface area contributed by atoms with Crippen molar-refractivity contribution in [2.75, 3.05) is 6.54 Å². The number of hydrogen-bond donors (Lipinski definition) is 1. The average Bonchev–Trinajstić information content (AvgIpc) is 2.98. The van der Waals surface area contributed by atoms with Crippen molar-refractivity contribution in [1.82, 2.24) is 14.9 Å². The highest BCUT2D eigenvalue weighted by molar-refractivity contribution is 7.91. The molecule has 0 saturated carbocycles. The van der Waals surface area contributed by atoms with Gasteiger partial charge in [-0.15, -0.1) is 11.3 Å². The maximum Gasteiger partial charge on any atom is 0.250 e. The van der Waals surface area contributed by atoms with Gasteiger partial charge in [0.05, 0.1) is 4.34 Å². The molecule has 0 amide bonds. The van der Waals surface area contributed by atoms with Gasteiger partial charge >= 0.3 is 0 Å². The Labute approximate surface area is 119 Å². The summed E-state index contributed by atoms with van der Waals surface area (Å²) in [4.78, 5) is 4.09. The number of aryl methyl sites for hydroxylation is 1. The molecule has 1 N–H and O–H groups in total. The summed E-state index contributed by atoms with van der Waals surface area (Å²) in [6, 6.07) is 3.02. The maximum absolute atomic E-state index is 11.9. The fourth-order valence-electron chi connectivity index (χ4n) is 1.34. The van der Waals surface area contributed by atoms with Crippen LogP contribution in [0.2, 0.25) is 4.34 Å². The minimum absolute atomic E-state index is 0.192. The molecular weight excluding hydrogens is 310 g/mol. The number of nitrogens with one attached hydrogen (secondary N) is 1. The third-order valence-corrected chi connectivity index (χ3v) is 5.45. The van der Waals surface area contributed by atoms with Crippen LogP contribution >= 0.6 is 22.9 Å². The summed E-state index contributed by atoms with van der Waals surface area (Å²) < 4.78 is 31.8. The number of rotatable bonds is 6. The van der Waals surface area contributed by atoms with Crippen LogP contribution in [0.4, 0.5) is 0 Å². The number of hydrogen-bond acceptors (Lipinski definition) is 6. The van der Waals surface area contributed by atoms with Crippen LogP contribution in [0.5, 0.6) is 0 Å². The molecule has 6 nitrogen and oxygen atoms in total. The Morgan fingerprint density at radius 1 is 1.47 bits per heavy atom. The van der Waals surface area contributed by atoms with Crippen molar-refractivity contribution in [3.63, 3.8) is 0 Å². The molecule has 9 heteroatoms. The number of sulfonamides is 1. The van der Waals surface area contributed by atoms with E-state index >= 15 is 0 Å². The highest BCUT2D eigenvalue weighted by Gasteiger charge is 2.16. The summed E-state index contributed by atoms with van der Waals surface area (Å²) in [6.07, 6.45) is 1.04. The predicted molar refractivity (Wildman–Crippen MR) is 71.9 cm³/mol. The molecule has 0 aromatic carbocycles. The molecule has 0 atom stereocenters. The third-order valence-electron chi connectivity index (χ3n) is 2.27. The highest BCUT2D eigenvalue weighted by atomic mass is 35.5. The number of thiophene rings is 1. The molecule has 0 aliphatic rings. The van der Waals surface area contributed by atoms with Gasteiger partial charge in [0.2, 0.25) is 15.9 Å². The Bertz CT molecular complexity index is 651. The lowest BCUT2D eigenvalue weighted by molar-refractivity contribution is 0.373. The summed E-state index contributed by atoms with van der Waals surface area (Å²) >= 11 is 6.72. The molecule has 2 rings (SSSR count). The van der Waals surface area contributed by atoms with Crippen LogP contribution in [0, 0.1) is 0 Å². The summed E-state index contributed by atoms with van der Waals surface area (Å²) in [5.74, 6) is 1.03. The molecule has 0 unspecified atom stereocenters. The first-order valence-corrected chi connectivity index (χ1v) is 8.25. The van der Waals surface area contributed by atoms with Crippen molar-refractivity contribution in [2.45, 2.75) is 24.0 Å². The Morgan fingerprint density at radius 2 is 2.26 bits per heavy atom. The van der Waals surface area contributed by atoms with Crippen LogP contribution in [0.25, 0.3) is 0 Å². The summed E-state index contributed by atoms with van der Waals surface area (Å²) in [5, 5.41) is 3.73. The number of aromatic nitrogens is 2. The third kappa shape index (κ3) is 3.75. The van der Waals surface area contributed by atoms with Crippen LogP contribution in [0.15, 0.2) is 20.9 Å². The molecule has 0 aliphatic carbocycles. The van der Waals surface area contributed by atoms with Crippen LogP contribution in [-0.4, -0.2) is 25.1 Å². The Balaban J connectivity index is 1.91. The van der Waals surface area contributed by atoms with Gasteiger partial charge in [-0.3, -0.25) is 0 Å². The molecule has 0 aliphatic heterocycles. The van der Waals surface area contributed by atoms with E-state index in [0.717, 1.165) is 11.3 Å². The lowest BCUT2D eigenvalue weighted by atomic mass is 10.4. The summed E-state index contributed by atoms with van der Waals surface area (Å²) in [7, 11) is -3.51. The molecule has 0 bridgehead atoms. The normalized spacial score (nSPS) is 11.9. The van der Waals surface area contributed by atoms with Crippen molar-refractivity contribution >= 4 is 33.0 Å². The van der Waals surface area contributed by atoms with Gasteiger partial charge in [-0.1, -0.05) is 23.7 Å². The van der Waals surface area contributed by atoms with E-state index in [-0.39, 0.29) is 10.8 Å². The van der Waals surface area contributed by atoms with E-state index in [1.165, 1.54) is 6.07 Å². The van der Waals surface area contributed by atoms with Crippen LogP contribution < -0.4 is 4.72 Å². The van der Waals surface area contributed by atoms with Gasteiger partial charge in [0.15, 0.2) is 5.82 Å². The van der Waals surface area contributed by atoms with E-state index in [4.69, 9.17) is 16.1 Å². The second-order valence-electron chi connectivity index (χ2n) is 3.66. The average molecular weight is 322 g/mol. The zero-order valence-corrected chi connectivity index (χ0v) is 12.5. The van der Waals surface area contributed by atoms with Crippen molar-refractivity contribution in [3.8, 4) is 0 Å². The van der Waals surface area contributed by atoms with E-state index in [9.17, 15) is 8.42 Å². The van der Waals surface area contributed by atoms with Crippen molar-refractivity contribution < 1.29 is 12.9 Å². The summed E-state index contributed by atoms with van der Waals surface area (Å²) in [5.41, 5.74) is 0. The predicted octanol–water partition coefficient (Wildman–Crippen LogP) is 1.87. The first kappa shape index (κ1) is 14.4. The maximum atomic E-state index is 11.9. The van der Waals surface area contributed by atoms with E-state index < -0.39 is 10.0 Å². The Kier molecular flexibility index (Phi) is 4.56. The lowest BCUT2D eigenvalue weighted by Gasteiger charge is -2.02. The fraction of sp³-hybridized carbons (Fsp3) is 0.400. The standard InChI is InChI=1S/C10H12ClN3O3S2/c1-2-8-13-9(17-14-8)5-6-12-19(15,16)10-4-3-7(11)18-10/h3-4,12H,2,5-6H2,1H3. The van der Waals surface area contributed by atoms with Gasteiger partial charge in [0, 0.05) is 19.4 Å². The zero-order chi connectivity index (χ0) is 13.9. The molecule has 0 fully saturated rings. The SMILES string of the molecule is CCc1noc(CCNS(=O)(=O)c2ccc(Cl)s2)n1. The first-order chi connectivity index (χ1) is 9.01. The topological polar surface area (TPSA) is 85.1 Å². The second-order valence-corrected chi connectivity index (χ2v) is 7.37. The molecule has 0 spiro atoms. The Morgan fingerprint density at radius 3 is 2.84 bits per heavy atom. The fourth-order valence-corrected chi connectivity index (χ4v) is 3.90. The van der Waals surface area contributed by atoms with Crippen molar-refractivity contribution in [3.05, 3.63) is 28.2 Å². The highest BCUT2D eigenvalue weighted by Crippen LogP contribution is 2.25. The molecule has 2 heterocycles. The molecule has 19 heavy (non-hydrogen) atoms. The second kappa shape index (κ2) is 6.00. The Hall–Kier alpha value is -0.960. The largest absolute Gasteiger partial charge is 0.339 e. The van der Waals surface area contributed by atoms with Crippen LogP contribution in [-0.2, 0) is 22.9 Å². The van der Waals surface area contributed by atoms with E-state index in [0.29, 0.717) is 28.9 Å². The van der Waals surface area contributed by atoms with E-state index in [1.54, 1.807) is 6.07 Å². The molecule has 0 radical (unpaired) electrons. The minimum atomic E-state index is -3.51. The minimum Gasteiger partial charge on any atom is -0.339 e. The van der Waals surface area contributed by atoms with Gasteiger partial charge in [0.1, 0.15) is 4.21 Å².